The molecule has 0 saturated heterocycles. The molecule has 14 heavy (non-hydrogen) atoms. The Morgan fingerprint density at radius 2 is 2.00 bits per heavy atom. The summed E-state index contributed by atoms with van der Waals surface area (Å²) < 4.78 is 0. The molecule has 0 aliphatic heterocycles. The van der Waals surface area contributed by atoms with Crippen LogP contribution >= 0.6 is 0 Å². The van der Waals surface area contributed by atoms with E-state index in [2.05, 4.69) is 5.32 Å². The number of anilines is 1. The maximum atomic E-state index is 11.0. The summed E-state index contributed by atoms with van der Waals surface area (Å²) in [6.45, 7) is 3.53. The molecule has 0 saturated carbocycles. The molecule has 1 aromatic carbocycles. The van der Waals surface area contributed by atoms with Gasteiger partial charge in [-0.25, -0.2) is 4.79 Å². The van der Waals surface area contributed by atoms with E-state index >= 15 is 0 Å². The van der Waals surface area contributed by atoms with Gasteiger partial charge in [-0.1, -0.05) is 25.1 Å². The fourth-order valence-electron chi connectivity index (χ4n) is 1.13. The van der Waals surface area contributed by atoms with E-state index in [1.165, 1.54) is 0 Å². The van der Waals surface area contributed by atoms with Crippen LogP contribution in [0.4, 0.5) is 5.69 Å². The summed E-state index contributed by atoms with van der Waals surface area (Å²) in [6.07, 6.45) is 0.539. The van der Waals surface area contributed by atoms with Crippen LogP contribution in [-0.4, -0.2) is 16.6 Å². The molecular weight excluding hydrogens is 178 g/mol. The third kappa shape index (κ3) is 2.25. The number of benzene rings is 1. The van der Waals surface area contributed by atoms with E-state index in [0.29, 0.717) is 6.42 Å². The van der Waals surface area contributed by atoms with Gasteiger partial charge in [-0.3, -0.25) is 0 Å². The minimum absolute atomic E-state index is 0.539. The smallest absolute Gasteiger partial charge is 0.329 e. The van der Waals surface area contributed by atoms with Crippen molar-refractivity contribution in [3.05, 3.63) is 30.3 Å². The van der Waals surface area contributed by atoms with Gasteiger partial charge >= 0.3 is 5.97 Å². The van der Waals surface area contributed by atoms with E-state index in [9.17, 15) is 4.79 Å². The minimum Gasteiger partial charge on any atom is -0.480 e. The maximum absolute atomic E-state index is 11.0. The molecule has 0 bridgehead atoms. The Balaban J connectivity index is 2.81. The van der Waals surface area contributed by atoms with Gasteiger partial charge in [-0.15, -0.1) is 0 Å². The highest BCUT2D eigenvalue weighted by atomic mass is 16.4. The number of hydrogen-bond donors (Lipinski definition) is 2. The van der Waals surface area contributed by atoms with Crippen molar-refractivity contribution < 1.29 is 9.90 Å². The number of nitrogens with one attached hydrogen (secondary N) is 1. The zero-order valence-corrected chi connectivity index (χ0v) is 8.45. The number of para-hydroxylation sites is 1. The fraction of sp³-hybridized carbons (Fsp3) is 0.364. The first-order valence-corrected chi connectivity index (χ1v) is 4.65. The summed E-state index contributed by atoms with van der Waals surface area (Å²) in [5.41, 5.74) is -0.0549. The summed E-state index contributed by atoms with van der Waals surface area (Å²) in [5, 5.41) is 12.0. The highest BCUT2D eigenvalue weighted by Gasteiger charge is 2.30. The van der Waals surface area contributed by atoms with Crippen LogP contribution in [0.2, 0.25) is 0 Å². The van der Waals surface area contributed by atoms with Crippen molar-refractivity contribution in [2.75, 3.05) is 5.32 Å². The van der Waals surface area contributed by atoms with E-state index in [-0.39, 0.29) is 0 Å². The molecule has 0 fully saturated rings. The quantitative estimate of drug-likeness (QED) is 0.771. The molecule has 0 aromatic heterocycles. The lowest BCUT2D eigenvalue weighted by atomic mass is 9.99. The van der Waals surface area contributed by atoms with E-state index < -0.39 is 11.5 Å². The van der Waals surface area contributed by atoms with Gasteiger partial charge in [0.15, 0.2) is 0 Å². The Bertz CT molecular complexity index is 310. The average molecular weight is 193 g/mol. The molecule has 76 valence electrons. The largest absolute Gasteiger partial charge is 0.480 e. The van der Waals surface area contributed by atoms with Crippen LogP contribution in [0.25, 0.3) is 0 Å². The summed E-state index contributed by atoms with van der Waals surface area (Å²) >= 11 is 0. The first-order valence-electron chi connectivity index (χ1n) is 4.65. The SMILES string of the molecule is CCC(C)(Nc1ccccc1)C(=O)O. The van der Waals surface area contributed by atoms with Gasteiger partial charge in [0.25, 0.3) is 0 Å². The molecule has 0 spiro atoms. The van der Waals surface area contributed by atoms with Crippen LogP contribution in [0.3, 0.4) is 0 Å². The van der Waals surface area contributed by atoms with Gasteiger partial charge in [-0.05, 0) is 25.5 Å². The van der Waals surface area contributed by atoms with Crippen molar-refractivity contribution in [3.63, 3.8) is 0 Å². The van der Waals surface area contributed by atoms with Crippen molar-refractivity contribution in [2.24, 2.45) is 0 Å². The predicted molar refractivity (Wildman–Crippen MR) is 56.4 cm³/mol. The molecule has 1 unspecified atom stereocenters. The molecule has 2 N–H and O–H groups in total. The Labute approximate surface area is 83.8 Å². The van der Waals surface area contributed by atoms with E-state index in [0.717, 1.165) is 5.69 Å². The number of carbonyl (C=O) groups is 1. The van der Waals surface area contributed by atoms with Crippen molar-refractivity contribution >= 4 is 11.7 Å². The van der Waals surface area contributed by atoms with Crippen molar-refractivity contribution in [3.8, 4) is 0 Å². The standard InChI is InChI=1S/C11H15NO2/c1-3-11(2,10(13)14)12-9-7-5-4-6-8-9/h4-8,12H,3H2,1-2H3,(H,13,14). The summed E-state index contributed by atoms with van der Waals surface area (Å²) in [6, 6.07) is 9.36. The average Bonchev–Trinajstić information content (AvgIpc) is 2.19. The number of aliphatic carboxylic acids is 1. The third-order valence-corrected chi connectivity index (χ3v) is 2.37. The second kappa shape index (κ2) is 4.13. The molecule has 0 heterocycles. The molecule has 3 nitrogen and oxygen atoms in total. The highest BCUT2D eigenvalue weighted by Crippen LogP contribution is 2.18. The molecule has 0 aliphatic carbocycles. The van der Waals surface area contributed by atoms with Crippen molar-refractivity contribution in [2.45, 2.75) is 25.8 Å². The van der Waals surface area contributed by atoms with E-state index in [1.807, 2.05) is 37.3 Å². The lowest BCUT2D eigenvalue weighted by Crippen LogP contribution is -2.42. The summed E-state index contributed by atoms with van der Waals surface area (Å²) in [5.74, 6) is -0.830. The first-order chi connectivity index (χ1) is 6.58. The lowest BCUT2D eigenvalue weighted by Gasteiger charge is -2.25. The molecule has 1 atom stereocenters. The van der Waals surface area contributed by atoms with Crippen LogP contribution in [-0.2, 0) is 4.79 Å². The summed E-state index contributed by atoms with van der Waals surface area (Å²) in [4.78, 5) is 11.0. The highest BCUT2D eigenvalue weighted by molar-refractivity contribution is 5.82. The molecule has 3 heteroatoms. The van der Waals surface area contributed by atoms with Crippen LogP contribution in [0.5, 0.6) is 0 Å². The minimum atomic E-state index is -0.888. The van der Waals surface area contributed by atoms with Gasteiger partial charge in [0.1, 0.15) is 5.54 Å². The maximum Gasteiger partial charge on any atom is 0.329 e. The molecular formula is C11H15NO2. The Morgan fingerprint density at radius 3 is 2.43 bits per heavy atom. The van der Waals surface area contributed by atoms with Crippen LogP contribution in [0.15, 0.2) is 30.3 Å². The Kier molecular flexibility index (Phi) is 3.12. The second-order valence-electron chi connectivity index (χ2n) is 3.48. The van der Waals surface area contributed by atoms with Crippen LogP contribution in [0, 0.1) is 0 Å². The normalized spacial score (nSPS) is 14.4. The van der Waals surface area contributed by atoms with E-state index in [1.54, 1.807) is 6.92 Å². The van der Waals surface area contributed by atoms with Crippen LogP contribution in [0.1, 0.15) is 20.3 Å². The fourth-order valence-corrected chi connectivity index (χ4v) is 1.13. The van der Waals surface area contributed by atoms with Crippen LogP contribution < -0.4 is 5.32 Å². The van der Waals surface area contributed by atoms with Gasteiger partial charge < -0.3 is 10.4 Å². The van der Waals surface area contributed by atoms with E-state index in [4.69, 9.17) is 5.11 Å². The monoisotopic (exact) mass is 193 g/mol. The molecule has 1 rings (SSSR count). The molecule has 0 radical (unpaired) electrons. The van der Waals surface area contributed by atoms with Gasteiger partial charge in [-0.2, -0.15) is 0 Å². The molecule has 0 aliphatic rings. The molecule has 0 amide bonds. The Hall–Kier alpha value is -1.51. The number of rotatable bonds is 4. The number of carboxylic acids is 1. The third-order valence-electron chi connectivity index (χ3n) is 2.37. The number of hydrogen-bond acceptors (Lipinski definition) is 2. The first kappa shape index (κ1) is 10.6. The zero-order chi connectivity index (χ0) is 10.6. The number of carboxylic acid groups (broad SMARTS) is 1. The topological polar surface area (TPSA) is 49.3 Å². The van der Waals surface area contributed by atoms with Crippen molar-refractivity contribution in [1.82, 2.24) is 0 Å². The second-order valence-corrected chi connectivity index (χ2v) is 3.48. The summed E-state index contributed by atoms with van der Waals surface area (Å²) in [7, 11) is 0. The lowest BCUT2D eigenvalue weighted by molar-refractivity contribution is -0.141. The van der Waals surface area contributed by atoms with Gasteiger partial charge in [0.05, 0.1) is 0 Å². The predicted octanol–water partition coefficient (Wildman–Crippen LogP) is 2.35. The van der Waals surface area contributed by atoms with Crippen molar-refractivity contribution in [1.29, 1.82) is 0 Å². The molecule has 1 aromatic rings. The Morgan fingerprint density at radius 1 is 1.43 bits per heavy atom. The zero-order valence-electron chi connectivity index (χ0n) is 8.45. The van der Waals surface area contributed by atoms with Gasteiger partial charge in [0, 0.05) is 5.69 Å². The van der Waals surface area contributed by atoms with Gasteiger partial charge in [0.2, 0.25) is 0 Å².